The summed E-state index contributed by atoms with van der Waals surface area (Å²) in [5.41, 5.74) is -0.341. The predicted octanol–water partition coefficient (Wildman–Crippen LogP) is 2.69. The van der Waals surface area contributed by atoms with Crippen LogP contribution in [0.3, 0.4) is 0 Å². The molecule has 0 aromatic heterocycles. The van der Waals surface area contributed by atoms with Gasteiger partial charge in [-0.25, -0.2) is 0 Å². The van der Waals surface area contributed by atoms with Gasteiger partial charge in [0.05, 0.1) is 16.6 Å². The predicted molar refractivity (Wildman–Crippen MR) is 122 cm³/mol. The van der Waals surface area contributed by atoms with Gasteiger partial charge in [-0.2, -0.15) is 0 Å². The van der Waals surface area contributed by atoms with Gasteiger partial charge in [-0.15, -0.1) is 0 Å². The number of aromatic hydroxyl groups is 1. The first-order chi connectivity index (χ1) is 15.2. The second-order valence-electron chi connectivity index (χ2n) is 11.1. The largest absolute Gasteiger partial charge is 0.506 e. The van der Waals surface area contributed by atoms with E-state index in [4.69, 9.17) is 0 Å². The maximum absolute atomic E-state index is 13.5. The number of piperazine rings is 1. The average molecular weight is 442 g/mol. The van der Waals surface area contributed by atoms with Crippen molar-refractivity contribution in [1.29, 1.82) is 0 Å². The van der Waals surface area contributed by atoms with Crippen LogP contribution in [-0.2, 0) is 9.59 Å². The minimum atomic E-state index is -0.635. The van der Waals surface area contributed by atoms with Crippen molar-refractivity contribution in [3.63, 3.8) is 0 Å². The topological polar surface area (TPSA) is 93.1 Å². The van der Waals surface area contributed by atoms with Crippen molar-refractivity contribution < 1.29 is 19.8 Å². The number of para-hydroxylation sites is 2. The van der Waals surface area contributed by atoms with E-state index in [2.05, 4.69) is 15.1 Å². The highest BCUT2D eigenvalue weighted by atomic mass is 16.4. The zero-order valence-electron chi connectivity index (χ0n) is 19.1. The Bertz CT molecular complexity index is 892. The Morgan fingerprint density at radius 1 is 1.03 bits per heavy atom. The Balaban J connectivity index is 1.23. The van der Waals surface area contributed by atoms with Gasteiger partial charge in [-0.3, -0.25) is 14.5 Å². The van der Waals surface area contributed by atoms with Crippen molar-refractivity contribution in [2.45, 2.75) is 57.5 Å². The highest BCUT2D eigenvalue weighted by molar-refractivity contribution is 5.86. The van der Waals surface area contributed by atoms with Crippen molar-refractivity contribution in [1.82, 2.24) is 10.2 Å². The maximum atomic E-state index is 13.5. The normalized spacial score (nSPS) is 34.5. The molecule has 3 N–H and O–H groups in total. The van der Waals surface area contributed by atoms with E-state index in [-0.39, 0.29) is 23.8 Å². The number of benzene rings is 1. The number of carbonyl (C=O) groups is 2. The fourth-order valence-corrected chi connectivity index (χ4v) is 7.23. The highest BCUT2D eigenvalue weighted by Crippen LogP contribution is 2.60. The fraction of sp³-hybridized carbons (Fsp3) is 0.680. The van der Waals surface area contributed by atoms with E-state index in [1.165, 1.54) is 0 Å². The smallest absolute Gasteiger partial charge is 0.309 e. The standard InChI is InChI=1S/C25H35N3O4/c1-24(2,28-9-7-27(8-10-28)19-5-3-4-6-20(19)29)22(30)26-21-17-11-16-12-18(21)15-25(13-16,14-17)23(31)32/h3-6,16-18,21,29H,7-15H2,1-2H3,(H,26,30)(H,31,32). The van der Waals surface area contributed by atoms with Gasteiger partial charge in [-0.05, 0) is 75.8 Å². The van der Waals surface area contributed by atoms with Crippen molar-refractivity contribution in [2.24, 2.45) is 23.2 Å². The monoisotopic (exact) mass is 441 g/mol. The number of nitrogens with one attached hydrogen (secondary N) is 1. The lowest BCUT2D eigenvalue weighted by molar-refractivity contribution is -0.168. The molecule has 4 bridgehead atoms. The van der Waals surface area contributed by atoms with Crippen LogP contribution in [0.25, 0.3) is 0 Å². The molecule has 7 heteroatoms. The molecule has 1 aromatic carbocycles. The van der Waals surface area contributed by atoms with E-state index in [0.29, 0.717) is 24.5 Å². The molecule has 32 heavy (non-hydrogen) atoms. The molecular formula is C25H35N3O4. The van der Waals surface area contributed by atoms with Crippen molar-refractivity contribution in [3.8, 4) is 5.75 Å². The van der Waals surface area contributed by atoms with Crippen LogP contribution in [0.2, 0.25) is 0 Å². The van der Waals surface area contributed by atoms with Gasteiger partial charge in [0.1, 0.15) is 5.75 Å². The summed E-state index contributed by atoms with van der Waals surface area (Å²) in [6, 6.07) is 7.49. The third kappa shape index (κ3) is 3.45. The first-order valence-corrected chi connectivity index (χ1v) is 12.0. The number of rotatable bonds is 5. The molecule has 1 aliphatic heterocycles. The minimum Gasteiger partial charge on any atom is -0.506 e. The number of phenols is 1. The molecule has 1 saturated heterocycles. The third-order valence-corrected chi connectivity index (χ3v) is 8.87. The molecule has 0 radical (unpaired) electrons. The van der Waals surface area contributed by atoms with Crippen LogP contribution >= 0.6 is 0 Å². The van der Waals surface area contributed by atoms with Crippen molar-refractivity contribution >= 4 is 17.6 Å². The molecule has 2 unspecified atom stereocenters. The fourth-order valence-electron chi connectivity index (χ4n) is 7.23. The number of hydrogen-bond donors (Lipinski definition) is 3. The second kappa shape index (κ2) is 7.65. The van der Waals surface area contributed by atoms with E-state index in [1.807, 2.05) is 32.0 Å². The van der Waals surface area contributed by atoms with Crippen LogP contribution < -0.4 is 10.2 Å². The number of anilines is 1. The summed E-state index contributed by atoms with van der Waals surface area (Å²) < 4.78 is 0. The van der Waals surface area contributed by atoms with Crippen LogP contribution in [-0.4, -0.2) is 64.7 Å². The Hall–Kier alpha value is -2.28. The number of carboxylic acid groups (broad SMARTS) is 1. The number of carbonyl (C=O) groups excluding carboxylic acids is 1. The highest BCUT2D eigenvalue weighted by Gasteiger charge is 2.59. The first kappa shape index (κ1) is 21.6. The van der Waals surface area contributed by atoms with Crippen molar-refractivity contribution in [3.05, 3.63) is 24.3 Å². The van der Waals surface area contributed by atoms with Gasteiger partial charge in [0.25, 0.3) is 0 Å². The summed E-state index contributed by atoms with van der Waals surface area (Å²) in [6.07, 6.45) is 4.34. The summed E-state index contributed by atoms with van der Waals surface area (Å²) in [5, 5.41) is 23.4. The second-order valence-corrected chi connectivity index (χ2v) is 11.1. The summed E-state index contributed by atoms with van der Waals surface area (Å²) >= 11 is 0. The molecule has 174 valence electrons. The van der Waals surface area contributed by atoms with E-state index in [1.54, 1.807) is 6.07 Å². The molecule has 5 fully saturated rings. The Kier molecular flexibility index (Phi) is 5.15. The number of carboxylic acids is 1. The van der Waals surface area contributed by atoms with Crippen LogP contribution in [0.15, 0.2) is 24.3 Å². The van der Waals surface area contributed by atoms with E-state index in [0.717, 1.165) is 51.1 Å². The lowest BCUT2D eigenvalue weighted by Crippen LogP contribution is -2.66. The van der Waals surface area contributed by atoms with Gasteiger partial charge >= 0.3 is 5.97 Å². The number of phenolic OH excluding ortho intramolecular Hbond substituents is 1. The molecule has 2 atom stereocenters. The molecule has 5 aliphatic rings. The van der Waals surface area contributed by atoms with Crippen LogP contribution in [0, 0.1) is 23.2 Å². The minimum absolute atomic E-state index is 0.0513. The Morgan fingerprint density at radius 2 is 1.66 bits per heavy atom. The van der Waals surface area contributed by atoms with E-state index < -0.39 is 16.9 Å². The van der Waals surface area contributed by atoms with E-state index >= 15 is 0 Å². The lowest BCUT2D eigenvalue weighted by Gasteiger charge is -2.58. The Morgan fingerprint density at radius 3 is 2.25 bits per heavy atom. The number of hydrogen-bond acceptors (Lipinski definition) is 5. The van der Waals surface area contributed by atoms with Gasteiger partial charge in [0.2, 0.25) is 5.91 Å². The summed E-state index contributed by atoms with van der Waals surface area (Å²) in [4.78, 5) is 29.8. The van der Waals surface area contributed by atoms with Gasteiger partial charge in [0.15, 0.2) is 0 Å². The maximum Gasteiger partial charge on any atom is 0.309 e. The molecule has 0 spiro atoms. The van der Waals surface area contributed by atoms with Crippen LogP contribution in [0.5, 0.6) is 5.75 Å². The lowest BCUT2D eigenvalue weighted by atomic mass is 9.48. The molecule has 1 heterocycles. The van der Waals surface area contributed by atoms with Gasteiger partial charge < -0.3 is 20.4 Å². The van der Waals surface area contributed by atoms with Crippen LogP contribution in [0.4, 0.5) is 5.69 Å². The molecule has 4 aliphatic carbocycles. The molecule has 1 amide bonds. The van der Waals surface area contributed by atoms with Gasteiger partial charge in [0, 0.05) is 32.2 Å². The molecule has 4 saturated carbocycles. The summed E-state index contributed by atoms with van der Waals surface area (Å²) in [7, 11) is 0. The zero-order chi connectivity index (χ0) is 22.7. The third-order valence-electron chi connectivity index (χ3n) is 8.87. The molecule has 6 rings (SSSR count). The number of amides is 1. The number of aliphatic carboxylic acids is 1. The average Bonchev–Trinajstić information content (AvgIpc) is 2.76. The Labute approximate surface area is 189 Å². The van der Waals surface area contributed by atoms with Crippen molar-refractivity contribution in [2.75, 3.05) is 31.1 Å². The first-order valence-electron chi connectivity index (χ1n) is 12.0. The number of nitrogens with zero attached hydrogens (tertiary/aromatic N) is 2. The molecular weight excluding hydrogens is 406 g/mol. The summed E-state index contributed by atoms with van der Waals surface area (Å²) in [5.74, 6) is 0.788. The SMILES string of the molecule is CC(C)(C(=O)NC1C2CC3CC1CC(C(=O)O)(C3)C2)N1CCN(c2ccccc2O)CC1. The van der Waals surface area contributed by atoms with Gasteiger partial charge in [-0.1, -0.05) is 12.1 Å². The zero-order valence-corrected chi connectivity index (χ0v) is 19.1. The van der Waals surface area contributed by atoms with E-state index in [9.17, 15) is 19.8 Å². The molecule has 1 aromatic rings. The molecule has 7 nitrogen and oxygen atoms in total. The van der Waals surface area contributed by atoms with Crippen LogP contribution in [0.1, 0.15) is 46.0 Å². The quantitative estimate of drug-likeness (QED) is 0.651. The summed E-state index contributed by atoms with van der Waals surface area (Å²) in [6.45, 7) is 6.99.